The molecule has 0 radical (unpaired) electrons. The monoisotopic (exact) mass is 420 g/mol. The molecule has 0 saturated carbocycles. The van der Waals surface area contributed by atoms with Gasteiger partial charge in [-0.15, -0.1) is 11.3 Å². The number of carbonyl (C=O) groups excluding carboxylic acids is 2. The fraction of sp³-hybridized carbons (Fsp3) is 0.250. The topological polar surface area (TPSA) is 67.4 Å². The zero-order chi connectivity index (χ0) is 21.1. The lowest BCUT2D eigenvalue weighted by molar-refractivity contribution is 0.102. The molecule has 1 heterocycles. The molecule has 6 heteroatoms. The minimum atomic E-state index is -0.208. The number of amides is 2. The molecule has 0 fully saturated rings. The van der Waals surface area contributed by atoms with E-state index in [1.54, 1.807) is 43.5 Å². The van der Waals surface area contributed by atoms with Crippen LogP contribution in [0.2, 0.25) is 0 Å². The lowest BCUT2D eigenvalue weighted by Gasteiger charge is -2.18. The second-order valence-electron chi connectivity index (χ2n) is 7.56. The van der Waals surface area contributed by atoms with E-state index in [2.05, 4.69) is 17.6 Å². The summed E-state index contributed by atoms with van der Waals surface area (Å²) in [6, 6.07) is 16.3. The van der Waals surface area contributed by atoms with Crippen molar-refractivity contribution in [2.45, 2.75) is 26.2 Å². The molecule has 30 heavy (non-hydrogen) atoms. The lowest BCUT2D eigenvalue weighted by Crippen LogP contribution is -2.19. The van der Waals surface area contributed by atoms with E-state index < -0.39 is 0 Å². The van der Waals surface area contributed by atoms with Gasteiger partial charge in [0.2, 0.25) is 0 Å². The van der Waals surface area contributed by atoms with Crippen LogP contribution in [0.4, 0.5) is 10.7 Å². The first-order chi connectivity index (χ1) is 14.5. The number of carbonyl (C=O) groups is 2. The van der Waals surface area contributed by atoms with E-state index in [1.807, 2.05) is 18.2 Å². The van der Waals surface area contributed by atoms with Crippen LogP contribution < -0.4 is 15.4 Å². The summed E-state index contributed by atoms with van der Waals surface area (Å²) in [5.41, 5.74) is 2.90. The largest absolute Gasteiger partial charge is 0.497 e. The van der Waals surface area contributed by atoms with Crippen molar-refractivity contribution in [3.63, 3.8) is 0 Å². The molecule has 4 rings (SSSR count). The number of fused-ring (bicyclic) bond motifs is 1. The smallest absolute Gasteiger partial charge is 0.258 e. The Morgan fingerprint density at radius 2 is 1.73 bits per heavy atom. The minimum absolute atomic E-state index is 0.199. The van der Waals surface area contributed by atoms with Crippen LogP contribution in [0.1, 0.15) is 44.5 Å². The maximum absolute atomic E-state index is 13.2. The molecule has 0 saturated heterocycles. The Morgan fingerprint density at radius 1 is 1.00 bits per heavy atom. The molecule has 2 aromatic carbocycles. The van der Waals surface area contributed by atoms with Gasteiger partial charge < -0.3 is 15.4 Å². The number of nitrogens with one attached hydrogen (secondary N) is 2. The molecule has 1 aliphatic rings. The van der Waals surface area contributed by atoms with Crippen molar-refractivity contribution in [2.75, 3.05) is 17.7 Å². The van der Waals surface area contributed by atoms with Gasteiger partial charge in [-0.3, -0.25) is 9.59 Å². The zero-order valence-electron chi connectivity index (χ0n) is 17.0. The predicted octanol–water partition coefficient (Wildman–Crippen LogP) is 5.39. The van der Waals surface area contributed by atoms with E-state index in [4.69, 9.17) is 4.74 Å². The Morgan fingerprint density at radius 3 is 2.43 bits per heavy atom. The van der Waals surface area contributed by atoms with Crippen LogP contribution in [0.15, 0.2) is 54.6 Å². The number of rotatable bonds is 5. The Balaban J connectivity index is 1.64. The summed E-state index contributed by atoms with van der Waals surface area (Å²) in [5.74, 6) is 0.897. The fourth-order valence-corrected chi connectivity index (χ4v) is 5.12. The van der Waals surface area contributed by atoms with Gasteiger partial charge in [0.15, 0.2) is 0 Å². The normalized spacial score (nSPS) is 15.2. The van der Waals surface area contributed by atoms with E-state index in [-0.39, 0.29) is 11.8 Å². The molecule has 2 N–H and O–H groups in total. The number of methoxy groups -OCH3 is 1. The third kappa shape index (κ3) is 4.24. The summed E-state index contributed by atoms with van der Waals surface area (Å²) in [4.78, 5) is 27.2. The van der Waals surface area contributed by atoms with E-state index in [0.717, 1.165) is 30.6 Å². The highest BCUT2D eigenvalue weighted by molar-refractivity contribution is 7.17. The molecule has 2 amide bonds. The maximum atomic E-state index is 13.2. The second-order valence-corrected chi connectivity index (χ2v) is 8.66. The molecule has 1 aliphatic carbocycles. The molecular weight excluding hydrogens is 396 g/mol. The maximum Gasteiger partial charge on any atom is 0.258 e. The van der Waals surface area contributed by atoms with Gasteiger partial charge in [-0.05, 0) is 67.1 Å². The number of hydrogen-bond acceptors (Lipinski definition) is 4. The third-order valence-corrected chi connectivity index (χ3v) is 6.52. The molecular formula is C24H24N2O3S. The molecule has 0 aliphatic heterocycles. The van der Waals surface area contributed by atoms with Crippen LogP contribution in [-0.2, 0) is 12.8 Å². The Bertz CT molecular complexity index is 1060. The Labute approximate surface area is 180 Å². The molecule has 1 atom stereocenters. The first-order valence-corrected chi connectivity index (χ1v) is 10.8. The second kappa shape index (κ2) is 8.71. The van der Waals surface area contributed by atoms with Crippen molar-refractivity contribution in [3.8, 4) is 5.75 Å². The van der Waals surface area contributed by atoms with Gasteiger partial charge in [-0.1, -0.05) is 25.1 Å². The van der Waals surface area contributed by atoms with Crippen LogP contribution in [-0.4, -0.2) is 18.9 Å². The van der Waals surface area contributed by atoms with Crippen molar-refractivity contribution in [1.82, 2.24) is 0 Å². The minimum Gasteiger partial charge on any atom is -0.497 e. The standard InChI is InChI=1S/C24H24N2O3S/c1-15-8-13-19-20(14-15)30-24(26-22(27)16-6-4-3-5-7-16)21(19)23(28)25-17-9-11-18(29-2)12-10-17/h3-7,9-12,15H,8,13-14H2,1-2H3,(H,25,28)(H,26,27)/t15-/m0/s1. The highest BCUT2D eigenvalue weighted by Gasteiger charge is 2.28. The van der Waals surface area contributed by atoms with Crippen molar-refractivity contribution < 1.29 is 14.3 Å². The van der Waals surface area contributed by atoms with Crippen LogP contribution in [0.3, 0.4) is 0 Å². The summed E-state index contributed by atoms with van der Waals surface area (Å²) in [6.07, 6.45) is 2.82. The van der Waals surface area contributed by atoms with Crippen molar-refractivity contribution in [3.05, 3.63) is 76.2 Å². The van der Waals surface area contributed by atoms with Gasteiger partial charge in [0.25, 0.3) is 11.8 Å². The van der Waals surface area contributed by atoms with Gasteiger partial charge in [0, 0.05) is 16.1 Å². The number of anilines is 2. The number of benzene rings is 2. The van der Waals surface area contributed by atoms with E-state index >= 15 is 0 Å². The highest BCUT2D eigenvalue weighted by Crippen LogP contribution is 2.40. The molecule has 1 aromatic heterocycles. The number of thiophene rings is 1. The number of hydrogen-bond donors (Lipinski definition) is 2. The van der Waals surface area contributed by atoms with Crippen LogP contribution in [0, 0.1) is 5.92 Å². The molecule has 0 bridgehead atoms. The van der Waals surface area contributed by atoms with Gasteiger partial charge in [0.1, 0.15) is 10.8 Å². The third-order valence-electron chi connectivity index (χ3n) is 5.35. The Hall–Kier alpha value is -3.12. The first-order valence-electron chi connectivity index (χ1n) is 10.0. The van der Waals surface area contributed by atoms with Gasteiger partial charge in [-0.2, -0.15) is 0 Å². The van der Waals surface area contributed by atoms with Crippen molar-refractivity contribution in [2.24, 2.45) is 5.92 Å². The van der Waals surface area contributed by atoms with E-state index in [1.165, 1.54) is 16.2 Å². The number of ether oxygens (including phenoxy) is 1. The Kier molecular flexibility index (Phi) is 5.86. The average Bonchev–Trinajstić information content (AvgIpc) is 3.11. The van der Waals surface area contributed by atoms with Gasteiger partial charge >= 0.3 is 0 Å². The van der Waals surface area contributed by atoms with Crippen LogP contribution in [0.25, 0.3) is 0 Å². The summed E-state index contributed by atoms with van der Waals surface area (Å²) in [5, 5.41) is 6.57. The quantitative estimate of drug-likeness (QED) is 0.582. The van der Waals surface area contributed by atoms with Gasteiger partial charge in [-0.25, -0.2) is 0 Å². The SMILES string of the molecule is COc1ccc(NC(=O)c2c(NC(=O)c3ccccc3)sc3c2CC[C@H](C)C3)cc1. The molecule has 3 aromatic rings. The molecule has 0 spiro atoms. The fourth-order valence-electron chi connectivity index (χ4n) is 3.71. The molecule has 154 valence electrons. The van der Waals surface area contributed by atoms with E-state index in [0.29, 0.717) is 27.7 Å². The highest BCUT2D eigenvalue weighted by atomic mass is 32.1. The van der Waals surface area contributed by atoms with Crippen LogP contribution >= 0.6 is 11.3 Å². The summed E-state index contributed by atoms with van der Waals surface area (Å²) >= 11 is 1.52. The van der Waals surface area contributed by atoms with Crippen molar-refractivity contribution >= 4 is 33.8 Å². The van der Waals surface area contributed by atoms with E-state index in [9.17, 15) is 9.59 Å². The zero-order valence-corrected chi connectivity index (χ0v) is 17.8. The summed E-state index contributed by atoms with van der Waals surface area (Å²) in [7, 11) is 1.61. The predicted molar refractivity (Wildman–Crippen MR) is 121 cm³/mol. The molecule has 0 unspecified atom stereocenters. The van der Waals surface area contributed by atoms with Gasteiger partial charge in [0.05, 0.1) is 12.7 Å². The lowest BCUT2D eigenvalue weighted by atomic mass is 9.88. The molecule has 5 nitrogen and oxygen atoms in total. The first kappa shape index (κ1) is 20.2. The average molecular weight is 421 g/mol. The summed E-state index contributed by atoms with van der Waals surface area (Å²) < 4.78 is 5.18. The van der Waals surface area contributed by atoms with Crippen LogP contribution in [0.5, 0.6) is 5.75 Å². The summed E-state index contributed by atoms with van der Waals surface area (Å²) in [6.45, 7) is 2.22. The van der Waals surface area contributed by atoms with Crippen molar-refractivity contribution in [1.29, 1.82) is 0 Å².